The lowest BCUT2D eigenvalue weighted by atomic mass is 9.93. The number of benzene rings is 3. The molecule has 1 N–H and O–H groups in total. The predicted octanol–water partition coefficient (Wildman–Crippen LogP) is 5.23. The first-order valence-electron chi connectivity index (χ1n) is 11.6. The molecule has 34 heavy (non-hydrogen) atoms. The fourth-order valence-corrected chi connectivity index (χ4v) is 4.70. The molecule has 1 aliphatic rings. The van der Waals surface area contributed by atoms with Crippen LogP contribution in [0.15, 0.2) is 79.1 Å². The van der Waals surface area contributed by atoms with Crippen molar-refractivity contribution in [2.45, 2.75) is 6.04 Å². The Morgan fingerprint density at radius 3 is 2.03 bits per heavy atom. The minimum atomic E-state index is -0.223. The molecule has 1 unspecified atom stereocenters. The monoisotopic (exact) mass is 456 g/mol. The molecule has 5 rings (SSSR count). The van der Waals surface area contributed by atoms with E-state index in [9.17, 15) is 4.39 Å². The van der Waals surface area contributed by atoms with Crippen molar-refractivity contribution >= 4 is 0 Å². The van der Waals surface area contributed by atoms with Gasteiger partial charge < -0.3 is 9.64 Å². The minimum absolute atomic E-state index is 0.0563. The zero-order valence-corrected chi connectivity index (χ0v) is 19.5. The molecule has 2 heterocycles. The number of aromatic nitrogens is 2. The van der Waals surface area contributed by atoms with Crippen LogP contribution >= 0.6 is 0 Å². The van der Waals surface area contributed by atoms with Crippen LogP contribution in [0.3, 0.4) is 0 Å². The van der Waals surface area contributed by atoms with Gasteiger partial charge in [-0.3, -0.25) is 10.00 Å². The summed E-state index contributed by atoms with van der Waals surface area (Å²) >= 11 is 0. The molecule has 0 spiro atoms. The van der Waals surface area contributed by atoms with Crippen molar-refractivity contribution in [3.05, 3.63) is 96.1 Å². The summed E-state index contributed by atoms with van der Waals surface area (Å²) in [6.45, 7) is 4.01. The van der Waals surface area contributed by atoms with Gasteiger partial charge in [-0.05, 0) is 53.6 Å². The number of rotatable bonds is 6. The van der Waals surface area contributed by atoms with Gasteiger partial charge in [-0.15, -0.1) is 0 Å². The van der Waals surface area contributed by atoms with Gasteiger partial charge in [-0.2, -0.15) is 5.10 Å². The standard InChI is InChI=1S/C28H29FN4O/c1-32-13-15-33(16-14-32)28(24-18-30-31-19-24)26-17-23(9-12-27(26)34-2)22-5-3-20(4-6-22)21-7-10-25(29)11-8-21/h3-12,17-19,28H,13-16H2,1-2H3,(H,30,31). The molecule has 3 aromatic carbocycles. The van der Waals surface area contributed by atoms with E-state index in [1.807, 2.05) is 12.4 Å². The van der Waals surface area contributed by atoms with Crippen LogP contribution in [0.25, 0.3) is 22.3 Å². The number of nitrogens with one attached hydrogen (secondary N) is 1. The maximum absolute atomic E-state index is 13.3. The van der Waals surface area contributed by atoms with Crippen molar-refractivity contribution in [3.63, 3.8) is 0 Å². The smallest absolute Gasteiger partial charge is 0.124 e. The van der Waals surface area contributed by atoms with Crippen LogP contribution in [0.2, 0.25) is 0 Å². The molecule has 1 fully saturated rings. The molecule has 1 aliphatic heterocycles. The number of hydrogen-bond acceptors (Lipinski definition) is 4. The van der Waals surface area contributed by atoms with E-state index in [1.165, 1.54) is 12.1 Å². The Morgan fingerprint density at radius 2 is 1.44 bits per heavy atom. The van der Waals surface area contributed by atoms with Gasteiger partial charge in [0.05, 0.1) is 19.3 Å². The molecule has 0 saturated carbocycles. The maximum atomic E-state index is 13.3. The Labute approximate surface area is 199 Å². The van der Waals surface area contributed by atoms with Crippen molar-refractivity contribution in [3.8, 4) is 28.0 Å². The lowest BCUT2D eigenvalue weighted by Crippen LogP contribution is -2.46. The zero-order valence-electron chi connectivity index (χ0n) is 19.5. The van der Waals surface area contributed by atoms with Crippen LogP contribution in [0.1, 0.15) is 17.2 Å². The molecule has 174 valence electrons. The molecule has 1 atom stereocenters. The minimum Gasteiger partial charge on any atom is -0.496 e. The molecule has 4 aromatic rings. The van der Waals surface area contributed by atoms with Crippen LogP contribution in [-0.2, 0) is 0 Å². The van der Waals surface area contributed by atoms with Gasteiger partial charge in [-0.25, -0.2) is 4.39 Å². The van der Waals surface area contributed by atoms with Gasteiger partial charge in [0.1, 0.15) is 11.6 Å². The van der Waals surface area contributed by atoms with Crippen molar-refractivity contribution in [1.82, 2.24) is 20.0 Å². The third-order valence-corrected chi connectivity index (χ3v) is 6.66. The van der Waals surface area contributed by atoms with Crippen molar-refractivity contribution < 1.29 is 9.13 Å². The first-order valence-corrected chi connectivity index (χ1v) is 11.6. The molecule has 1 saturated heterocycles. The Morgan fingerprint density at radius 1 is 0.853 bits per heavy atom. The van der Waals surface area contributed by atoms with Crippen molar-refractivity contribution in [2.24, 2.45) is 0 Å². The highest BCUT2D eigenvalue weighted by Gasteiger charge is 2.28. The second-order valence-corrected chi connectivity index (χ2v) is 8.81. The van der Waals surface area contributed by atoms with E-state index in [4.69, 9.17) is 4.74 Å². The number of nitrogens with zero attached hydrogens (tertiary/aromatic N) is 3. The van der Waals surface area contributed by atoms with Gasteiger partial charge in [0, 0.05) is 43.5 Å². The molecule has 5 nitrogen and oxygen atoms in total. The van der Waals surface area contributed by atoms with Crippen LogP contribution in [0, 0.1) is 5.82 Å². The summed E-state index contributed by atoms with van der Waals surface area (Å²) in [6.07, 6.45) is 3.89. The molecule has 0 amide bonds. The SMILES string of the molecule is COc1ccc(-c2ccc(-c3ccc(F)cc3)cc2)cc1C(c1cn[nH]c1)N1CCN(C)CC1. The van der Waals surface area contributed by atoms with E-state index < -0.39 is 0 Å². The highest BCUT2D eigenvalue weighted by Crippen LogP contribution is 2.38. The maximum Gasteiger partial charge on any atom is 0.124 e. The molecule has 0 radical (unpaired) electrons. The number of aromatic amines is 1. The van der Waals surface area contributed by atoms with Crippen molar-refractivity contribution in [1.29, 1.82) is 0 Å². The Balaban J connectivity index is 1.51. The fraction of sp³-hybridized carbons (Fsp3) is 0.250. The second-order valence-electron chi connectivity index (χ2n) is 8.81. The number of hydrogen-bond donors (Lipinski definition) is 1. The summed E-state index contributed by atoms with van der Waals surface area (Å²) < 4.78 is 19.1. The van der Waals surface area contributed by atoms with Crippen molar-refractivity contribution in [2.75, 3.05) is 40.3 Å². The van der Waals surface area contributed by atoms with Gasteiger partial charge in [0.15, 0.2) is 0 Å². The zero-order chi connectivity index (χ0) is 23.5. The normalized spacial score (nSPS) is 15.9. The number of H-pyrrole nitrogens is 1. The van der Waals surface area contributed by atoms with E-state index in [2.05, 4.69) is 69.5 Å². The summed E-state index contributed by atoms with van der Waals surface area (Å²) in [6, 6.07) is 21.5. The fourth-order valence-electron chi connectivity index (χ4n) is 4.70. The van der Waals surface area contributed by atoms with E-state index >= 15 is 0 Å². The molecular formula is C28H29FN4O. The Kier molecular flexibility index (Phi) is 6.43. The molecule has 0 bridgehead atoms. The number of halogens is 1. The van der Waals surface area contributed by atoms with E-state index in [0.29, 0.717) is 0 Å². The number of methoxy groups -OCH3 is 1. The quantitative estimate of drug-likeness (QED) is 0.432. The van der Waals surface area contributed by atoms with Crippen LogP contribution in [-0.4, -0.2) is 60.3 Å². The first kappa shape index (κ1) is 22.3. The average molecular weight is 457 g/mol. The lowest BCUT2D eigenvalue weighted by Gasteiger charge is -2.38. The van der Waals surface area contributed by atoms with Crippen LogP contribution in [0.5, 0.6) is 5.75 Å². The number of ether oxygens (including phenoxy) is 1. The van der Waals surface area contributed by atoms with Gasteiger partial charge in [0.2, 0.25) is 0 Å². The molecule has 6 heteroatoms. The number of piperazine rings is 1. The highest BCUT2D eigenvalue weighted by molar-refractivity contribution is 5.71. The van der Waals surface area contributed by atoms with Gasteiger partial charge in [-0.1, -0.05) is 42.5 Å². The highest BCUT2D eigenvalue weighted by atomic mass is 19.1. The summed E-state index contributed by atoms with van der Waals surface area (Å²) in [7, 11) is 3.90. The Hall–Kier alpha value is -3.48. The lowest BCUT2D eigenvalue weighted by molar-refractivity contribution is 0.126. The Bertz CT molecular complexity index is 1210. The third-order valence-electron chi connectivity index (χ3n) is 6.66. The van der Waals surface area contributed by atoms with E-state index in [1.54, 1.807) is 19.2 Å². The molecule has 0 aliphatic carbocycles. The largest absolute Gasteiger partial charge is 0.496 e. The summed E-state index contributed by atoms with van der Waals surface area (Å²) in [5, 5.41) is 7.22. The van der Waals surface area contributed by atoms with Gasteiger partial charge >= 0.3 is 0 Å². The summed E-state index contributed by atoms with van der Waals surface area (Å²) in [4.78, 5) is 4.86. The van der Waals surface area contributed by atoms with E-state index in [0.717, 1.165) is 65.3 Å². The topological polar surface area (TPSA) is 44.4 Å². The molecule has 1 aromatic heterocycles. The summed E-state index contributed by atoms with van der Waals surface area (Å²) in [5.41, 5.74) is 6.58. The molecular weight excluding hydrogens is 427 g/mol. The number of likely N-dealkylation sites (N-methyl/N-ethyl adjacent to an activating group) is 1. The predicted molar refractivity (Wildman–Crippen MR) is 133 cm³/mol. The average Bonchev–Trinajstić information content (AvgIpc) is 3.40. The second kappa shape index (κ2) is 9.79. The van der Waals surface area contributed by atoms with Gasteiger partial charge in [0.25, 0.3) is 0 Å². The first-order chi connectivity index (χ1) is 16.6. The third kappa shape index (κ3) is 4.60. The van der Waals surface area contributed by atoms with E-state index in [-0.39, 0.29) is 11.9 Å². The van der Waals surface area contributed by atoms with Crippen LogP contribution < -0.4 is 4.74 Å². The van der Waals surface area contributed by atoms with Crippen LogP contribution in [0.4, 0.5) is 4.39 Å². The summed E-state index contributed by atoms with van der Waals surface area (Å²) in [5.74, 6) is 0.649.